The van der Waals surface area contributed by atoms with Gasteiger partial charge < -0.3 is 15.3 Å². The van der Waals surface area contributed by atoms with Gasteiger partial charge in [0.2, 0.25) is 0 Å². The van der Waals surface area contributed by atoms with Crippen LogP contribution in [-0.4, -0.2) is 47.1 Å². The van der Waals surface area contributed by atoms with Crippen molar-refractivity contribution < 1.29 is 34.7 Å². The third-order valence-electron chi connectivity index (χ3n) is 9.05. The van der Waals surface area contributed by atoms with Crippen molar-refractivity contribution in [3.63, 3.8) is 0 Å². The third kappa shape index (κ3) is 21.0. The first-order chi connectivity index (χ1) is 20.9. The van der Waals surface area contributed by atoms with Gasteiger partial charge in [0.05, 0.1) is 32.2 Å². The van der Waals surface area contributed by atoms with Crippen LogP contribution in [0.2, 0.25) is 0 Å². The van der Waals surface area contributed by atoms with E-state index in [-0.39, 0.29) is 6.42 Å². The van der Waals surface area contributed by atoms with Crippen LogP contribution in [0.15, 0.2) is 12.2 Å². The Bertz CT molecular complexity index is 666. The molecule has 0 aliphatic carbocycles. The SMILES string of the molecule is CCCCCCCC/C=C\CCCCCCCC(=O)OOC(=O)C(CCCCCCCCCC)C(C)C(CO)(CO)CO. The number of carbonyl (C=O) groups excluding carboxylic acids is 2. The van der Waals surface area contributed by atoms with Gasteiger partial charge in [-0.25, -0.2) is 19.4 Å². The summed E-state index contributed by atoms with van der Waals surface area (Å²) in [6, 6.07) is 0. The van der Waals surface area contributed by atoms with E-state index in [2.05, 4.69) is 26.0 Å². The number of unbranched alkanes of at least 4 members (excludes halogenated alkanes) is 18. The van der Waals surface area contributed by atoms with Gasteiger partial charge in [-0.3, -0.25) is 0 Å². The molecule has 0 amide bonds. The van der Waals surface area contributed by atoms with Crippen molar-refractivity contribution in [2.24, 2.45) is 17.3 Å². The van der Waals surface area contributed by atoms with E-state index in [0.29, 0.717) is 12.8 Å². The lowest BCUT2D eigenvalue weighted by atomic mass is 9.70. The summed E-state index contributed by atoms with van der Waals surface area (Å²) in [5.41, 5.74) is -1.22. The maximum atomic E-state index is 13.0. The molecule has 0 aliphatic heterocycles. The van der Waals surface area contributed by atoms with Crippen LogP contribution in [0.5, 0.6) is 0 Å². The minimum Gasteiger partial charge on any atom is -0.396 e. The predicted molar refractivity (Wildman–Crippen MR) is 175 cm³/mol. The first-order valence-electron chi connectivity index (χ1n) is 17.8. The van der Waals surface area contributed by atoms with Crippen molar-refractivity contribution in [2.75, 3.05) is 19.8 Å². The molecule has 0 aliphatic rings. The molecule has 0 radical (unpaired) electrons. The molecule has 7 heteroatoms. The van der Waals surface area contributed by atoms with E-state index in [4.69, 9.17) is 9.78 Å². The molecular formula is C36H68O7. The molecule has 0 spiro atoms. The lowest BCUT2D eigenvalue weighted by Crippen LogP contribution is -2.45. The largest absolute Gasteiger partial charge is 0.396 e. The standard InChI is InChI=1S/C36H68O7/c1-4-6-8-10-12-14-15-16-17-18-19-20-22-24-26-28-34(40)42-43-35(41)33(32(3)36(29-37,30-38)31-39)27-25-23-21-13-11-9-7-5-2/h16-17,32-33,37-39H,4-15,18-31H2,1-3H3/b17-16-. The smallest absolute Gasteiger partial charge is 0.358 e. The van der Waals surface area contributed by atoms with Gasteiger partial charge >= 0.3 is 11.9 Å². The first-order valence-corrected chi connectivity index (χ1v) is 17.8. The van der Waals surface area contributed by atoms with E-state index < -0.39 is 49.0 Å². The highest BCUT2D eigenvalue weighted by Gasteiger charge is 2.43. The number of rotatable bonds is 30. The number of aliphatic hydroxyl groups is 3. The van der Waals surface area contributed by atoms with Gasteiger partial charge in [-0.15, -0.1) is 0 Å². The summed E-state index contributed by atoms with van der Waals surface area (Å²) in [6.45, 7) is 4.79. The lowest BCUT2D eigenvalue weighted by molar-refractivity contribution is -0.265. The summed E-state index contributed by atoms with van der Waals surface area (Å²) in [6.07, 6.45) is 29.4. The minimum atomic E-state index is -1.22. The molecule has 0 heterocycles. The molecule has 2 atom stereocenters. The molecular weight excluding hydrogens is 544 g/mol. The van der Waals surface area contributed by atoms with Crippen LogP contribution in [0.25, 0.3) is 0 Å². The molecule has 7 nitrogen and oxygen atoms in total. The maximum Gasteiger partial charge on any atom is 0.358 e. The van der Waals surface area contributed by atoms with E-state index in [1.807, 2.05) is 0 Å². The lowest BCUT2D eigenvalue weighted by Gasteiger charge is -2.37. The second kappa shape index (κ2) is 29.3. The molecule has 0 saturated heterocycles. The molecule has 43 heavy (non-hydrogen) atoms. The van der Waals surface area contributed by atoms with Gasteiger partial charge in [0.1, 0.15) is 0 Å². The van der Waals surface area contributed by atoms with Gasteiger partial charge in [0, 0.05) is 5.41 Å². The Morgan fingerprint density at radius 3 is 1.49 bits per heavy atom. The Kier molecular flexibility index (Phi) is 28.3. The van der Waals surface area contributed by atoms with E-state index in [1.165, 1.54) is 70.6 Å². The molecule has 0 rings (SSSR count). The minimum absolute atomic E-state index is 0.192. The Morgan fingerprint density at radius 1 is 0.605 bits per heavy atom. The molecule has 3 N–H and O–H groups in total. The maximum absolute atomic E-state index is 13.0. The van der Waals surface area contributed by atoms with E-state index in [1.54, 1.807) is 6.92 Å². The van der Waals surface area contributed by atoms with Crippen molar-refractivity contribution in [3.8, 4) is 0 Å². The Labute approximate surface area is 264 Å². The molecule has 0 saturated carbocycles. The zero-order chi connectivity index (χ0) is 32.0. The summed E-state index contributed by atoms with van der Waals surface area (Å²) in [5, 5.41) is 29.7. The quantitative estimate of drug-likeness (QED) is 0.0321. The highest BCUT2D eigenvalue weighted by atomic mass is 17.2. The van der Waals surface area contributed by atoms with Crippen molar-refractivity contribution in [3.05, 3.63) is 12.2 Å². The summed E-state index contributed by atoms with van der Waals surface area (Å²) in [5.74, 6) is -2.52. The Hall–Kier alpha value is -1.44. The highest BCUT2D eigenvalue weighted by Crippen LogP contribution is 2.36. The van der Waals surface area contributed by atoms with Gasteiger partial charge in [0.25, 0.3) is 0 Å². The Balaban J connectivity index is 4.33. The fourth-order valence-corrected chi connectivity index (χ4v) is 5.61. The molecule has 0 bridgehead atoms. The van der Waals surface area contributed by atoms with Crippen LogP contribution in [0.3, 0.4) is 0 Å². The van der Waals surface area contributed by atoms with Gasteiger partial charge in [0.15, 0.2) is 0 Å². The van der Waals surface area contributed by atoms with E-state index in [9.17, 15) is 24.9 Å². The summed E-state index contributed by atoms with van der Waals surface area (Å²) in [4.78, 5) is 35.0. The Morgan fingerprint density at radius 2 is 1.02 bits per heavy atom. The first kappa shape index (κ1) is 41.6. The fourth-order valence-electron chi connectivity index (χ4n) is 5.61. The van der Waals surface area contributed by atoms with Gasteiger partial charge in [-0.1, -0.05) is 136 Å². The van der Waals surface area contributed by atoms with Crippen LogP contribution in [0.4, 0.5) is 0 Å². The van der Waals surface area contributed by atoms with Crippen LogP contribution in [0.1, 0.15) is 168 Å². The monoisotopic (exact) mass is 612 g/mol. The summed E-state index contributed by atoms with van der Waals surface area (Å²) in [7, 11) is 0. The van der Waals surface area contributed by atoms with Crippen LogP contribution in [-0.2, 0) is 19.4 Å². The molecule has 0 aromatic rings. The van der Waals surface area contributed by atoms with Crippen molar-refractivity contribution >= 4 is 11.9 Å². The highest BCUT2D eigenvalue weighted by molar-refractivity contribution is 5.74. The topological polar surface area (TPSA) is 113 Å². The molecule has 254 valence electrons. The molecule has 0 aromatic carbocycles. The van der Waals surface area contributed by atoms with Crippen molar-refractivity contribution in [2.45, 2.75) is 168 Å². The second-order valence-corrected chi connectivity index (χ2v) is 12.7. The number of hydrogen-bond donors (Lipinski definition) is 3. The summed E-state index contributed by atoms with van der Waals surface area (Å²) < 4.78 is 0. The van der Waals surface area contributed by atoms with Crippen LogP contribution < -0.4 is 0 Å². The van der Waals surface area contributed by atoms with E-state index >= 15 is 0 Å². The molecule has 2 unspecified atom stereocenters. The van der Waals surface area contributed by atoms with Crippen LogP contribution >= 0.6 is 0 Å². The van der Waals surface area contributed by atoms with E-state index in [0.717, 1.165) is 57.8 Å². The number of carbonyl (C=O) groups is 2. The molecule has 0 aromatic heterocycles. The summed E-state index contributed by atoms with van der Waals surface area (Å²) >= 11 is 0. The van der Waals surface area contributed by atoms with Crippen molar-refractivity contribution in [1.82, 2.24) is 0 Å². The number of aliphatic hydroxyl groups excluding tert-OH is 3. The average Bonchev–Trinajstić information content (AvgIpc) is 3.02. The van der Waals surface area contributed by atoms with Crippen LogP contribution in [0, 0.1) is 17.3 Å². The van der Waals surface area contributed by atoms with Crippen molar-refractivity contribution in [1.29, 1.82) is 0 Å². The normalized spacial score (nSPS) is 13.3. The van der Waals surface area contributed by atoms with Gasteiger partial charge in [-0.05, 0) is 44.4 Å². The predicted octanol–water partition coefficient (Wildman–Crippen LogP) is 8.77. The average molecular weight is 613 g/mol. The van der Waals surface area contributed by atoms with Gasteiger partial charge in [-0.2, -0.15) is 0 Å². The fraction of sp³-hybridized carbons (Fsp3) is 0.889. The zero-order valence-electron chi connectivity index (χ0n) is 28.2. The second-order valence-electron chi connectivity index (χ2n) is 12.7. The number of allylic oxidation sites excluding steroid dienone is 2. The molecule has 0 fully saturated rings. The number of hydrogen-bond acceptors (Lipinski definition) is 7. The third-order valence-corrected chi connectivity index (χ3v) is 9.05. The zero-order valence-corrected chi connectivity index (χ0v) is 28.2.